The Morgan fingerprint density at radius 3 is 3.21 bits per heavy atom. The van der Waals surface area contributed by atoms with Crippen molar-refractivity contribution in [3.8, 4) is 0 Å². The smallest absolute Gasteiger partial charge is 0.231 e. The molecular weight excluding hydrogens is 198 g/mol. The topological polar surface area (TPSA) is 51.0 Å². The summed E-state index contributed by atoms with van der Waals surface area (Å²) in [7, 11) is 0. The van der Waals surface area contributed by atoms with Gasteiger partial charge in [0.2, 0.25) is 5.89 Å². The lowest BCUT2D eigenvalue weighted by Gasteiger charge is -2.30. The fourth-order valence-electron chi connectivity index (χ4n) is 2.44. The van der Waals surface area contributed by atoms with Crippen LogP contribution in [-0.2, 0) is 5.75 Å². The van der Waals surface area contributed by atoms with Crippen LogP contribution in [0.1, 0.15) is 24.1 Å². The minimum absolute atomic E-state index is 0.498. The monoisotopic (exact) mass is 211 g/mol. The lowest BCUT2D eigenvalue weighted by atomic mass is 9.74. The van der Waals surface area contributed by atoms with E-state index in [0.717, 1.165) is 29.9 Å². The molecule has 2 bridgehead atoms. The predicted octanol–water partition coefficient (Wildman–Crippen LogP) is 1.01. The third kappa shape index (κ3) is 1.19. The molecule has 0 spiro atoms. The van der Waals surface area contributed by atoms with Gasteiger partial charge in [0, 0.05) is 6.04 Å². The number of aromatic nitrogens is 2. The van der Waals surface area contributed by atoms with Crippen LogP contribution in [0.15, 0.2) is 4.52 Å². The summed E-state index contributed by atoms with van der Waals surface area (Å²) < 4.78 is 5.29. The maximum atomic E-state index is 5.29. The zero-order valence-corrected chi connectivity index (χ0v) is 8.88. The fraction of sp³-hybridized carbons (Fsp3) is 0.778. The van der Waals surface area contributed by atoms with Crippen molar-refractivity contribution in [2.24, 2.45) is 5.92 Å². The SMILES string of the molecule is CSCc1noc(C2C3CNC2C3)n1. The van der Waals surface area contributed by atoms with Crippen LogP contribution in [0.4, 0.5) is 0 Å². The summed E-state index contributed by atoms with van der Waals surface area (Å²) in [6.07, 6.45) is 3.33. The van der Waals surface area contributed by atoms with Crippen LogP contribution in [0.2, 0.25) is 0 Å². The van der Waals surface area contributed by atoms with E-state index in [4.69, 9.17) is 4.52 Å². The zero-order chi connectivity index (χ0) is 9.54. The van der Waals surface area contributed by atoms with Crippen LogP contribution < -0.4 is 5.32 Å². The van der Waals surface area contributed by atoms with E-state index in [1.807, 2.05) is 6.26 Å². The van der Waals surface area contributed by atoms with Crippen LogP contribution in [0.3, 0.4) is 0 Å². The Morgan fingerprint density at radius 1 is 1.64 bits per heavy atom. The molecule has 4 nitrogen and oxygen atoms in total. The van der Waals surface area contributed by atoms with Gasteiger partial charge in [-0.25, -0.2) is 0 Å². The first-order chi connectivity index (χ1) is 6.88. The first-order valence-corrected chi connectivity index (χ1v) is 6.32. The molecule has 76 valence electrons. The number of hydrogen-bond acceptors (Lipinski definition) is 5. The molecule has 0 aromatic carbocycles. The molecule has 1 aromatic heterocycles. The molecule has 2 aliphatic heterocycles. The summed E-state index contributed by atoms with van der Waals surface area (Å²) in [5.74, 6) is 3.76. The van der Waals surface area contributed by atoms with E-state index >= 15 is 0 Å². The average Bonchev–Trinajstić information content (AvgIpc) is 2.77. The molecule has 1 aliphatic carbocycles. The molecule has 1 aromatic rings. The van der Waals surface area contributed by atoms with Crippen molar-refractivity contribution >= 4 is 11.8 Å². The van der Waals surface area contributed by atoms with E-state index in [-0.39, 0.29) is 0 Å². The molecule has 1 saturated carbocycles. The summed E-state index contributed by atoms with van der Waals surface area (Å²) in [5.41, 5.74) is 0. The van der Waals surface area contributed by atoms with Gasteiger partial charge in [0.05, 0.1) is 11.7 Å². The molecule has 3 aliphatic rings. The van der Waals surface area contributed by atoms with Crippen molar-refractivity contribution in [2.75, 3.05) is 12.8 Å². The lowest BCUT2D eigenvalue weighted by Crippen LogP contribution is -2.34. The number of nitrogens with one attached hydrogen (secondary N) is 1. The predicted molar refractivity (Wildman–Crippen MR) is 54.2 cm³/mol. The first-order valence-electron chi connectivity index (χ1n) is 4.93. The standard InChI is InChI=1S/C9H13N3OS/c1-14-4-7-11-9(13-12-7)8-5-2-6(8)10-3-5/h5-6,8,10H,2-4H2,1H3. The number of fused-ring (bicyclic) bond motifs is 1. The van der Waals surface area contributed by atoms with E-state index in [0.29, 0.717) is 12.0 Å². The highest BCUT2D eigenvalue weighted by Crippen LogP contribution is 2.46. The van der Waals surface area contributed by atoms with Gasteiger partial charge in [-0.1, -0.05) is 5.16 Å². The molecule has 3 unspecified atom stereocenters. The highest BCUT2D eigenvalue weighted by molar-refractivity contribution is 7.97. The Bertz CT molecular complexity index is 327. The lowest BCUT2D eigenvalue weighted by molar-refractivity contribution is 0.231. The van der Waals surface area contributed by atoms with Crippen LogP contribution in [0.25, 0.3) is 0 Å². The summed E-state index contributed by atoms with van der Waals surface area (Å²) in [6.45, 7) is 1.12. The van der Waals surface area contributed by atoms with Gasteiger partial charge in [0.1, 0.15) is 0 Å². The Kier molecular flexibility index (Phi) is 2.02. The van der Waals surface area contributed by atoms with Crippen LogP contribution >= 0.6 is 11.8 Å². The van der Waals surface area contributed by atoms with E-state index in [1.165, 1.54) is 6.42 Å². The number of nitrogens with zero attached hydrogens (tertiary/aromatic N) is 2. The maximum absolute atomic E-state index is 5.29. The van der Waals surface area contributed by atoms with E-state index in [1.54, 1.807) is 11.8 Å². The third-order valence-corrected chi connectivity index (χ3v) is 3.73. The third-order valence-electron chi connectivity index (χ3n) is 3.18. The Hall–Kier alpha value is -0.550. The van der Waals surface area contributed by atoms with Gasteiger partial charge in [0.25, 0.3) is 0 Å². The molecule has 3 fully saturated rings. The second-order valence-corrected chi connectivity index (χ2v) is 4.88. The molecular formula is C9H13N3OS. The van der Waals surface area contributed by atoms with Crippen molar-refractivity contribution in [1.29, 1.82) is 0 Å². The molecule has 3 heterocycles. The molecule has 0 amide bonds. The Labute approximate surface area is 86.8 Å². The molecule has 4 rings (SSSR count). The van der Waals surface area contributed by atoms with Crippen molar-refractivity contribution in [3.05, 3.63) is 11.7 Å². The Morgan fingerprint density at radius 2 is 2.57 bits per heavy atom. The van der Waals surface area contributed by atoms with Gasteiger partial charge in [-0.3, -0.25) is 0 Å². The van der Waals surface area contributed by atoms with Gasteiger partial charge in [-0.15, -0.1) is 0 Å². The van der Waals surface area contributed by atoms with E-state index in [2.05, 4.69) is 15.5 Å². The largest absolute Gasteiger partial charge is 0.339 e. The van der Waals surface area contributed by atoms with Crippen molar-refractivity contribution < 1.29 is 4.52 Å². The van der Waals surface area contributed by atoms with Crippen molar-refractivity contribution in [1.82, 2.24) is 15.5 Å². The van der Waals surface area contributed by atoms with Gasteiger partial charge in [-0.2, -0.15) is 16.7 Å². The number of rotatable bonds is 3. The summed E-state index contributed by atoms with van der Waals surface area (Å²) in [4.78, 5) is 4.42. The molecule has 1 N–H and O–H groups in total. The highest BCUT2D eigenvalue weighted by Gasteiger charge is 2.50. The normalized spacial score (nSPS) is 34.5. The minimum atomic E-state index is 0.498. The van der Waals surface area contributed by atoms with Gasteiger partial charge in [-0.05, 0) is 25.1 Å². The van der Waals surface area contributed by atoms with E-state index in [9.17, 15) is 0 Å². The van der Waals surface area contributed by atoms with Crippen LogP contribution in [0, 0.1) is 5.92 Å². The van der Waals surface area contributed by atoms with Crippen LogP contribution in [0.5, 0.6) is 0 Å². The minimum Gasteiger partial charge on any atom is -0.339 e. The molecule has 2 saturated heterocycles. The highest BCUT2D eigenvalue weighted by atomic mass is 32.2. The van der Waals surface area contributed by atoms with Crippen molar-refractivity contribution in [2.45, 2.75) is 24.1 Å². The fourth-order valence-corrected chi connectivity index (χ4v) is 2.82. The second kappa shape index (κ2) is 3.24. The van der Waals surface area contributed by atoms with Crippen LogP contribution in [-0.4, -0.2) is 29.0 Å². The first kappa shape index (κ1) is 8.73. The Balaban J connectivity index is 1.77. The summed E-state index contributed by atoms with van der Waals surface area (Å²) in [5, 5.41) is 7.42. The molecule has 14 heavy (non-hydrogen) atoms. The molecule has 3 atom stereocenters. The maximum Gasteiger partial charge on any atom is 0.231 e. The summed E-state index contributed by atoms with van der Waals surface area (Å²) >= 11 is 1.72. The van der Waals surface area contributed by atoms with Gasteiger partial charge >= 0.3 is 0 Å². The molecule has 0 radical (unpaired) electrons. The number of hydrogen-bond donors (Lipinski definition) is 1. The summed E-state index contributed by atoms with van der Waals surface area (Å²) in [6, 6.07) is 0.600. The zero-order valence-electron chi connectivity index (χ0n) is 8.06. The molecule has 5 heteroatoms. The van der Waals surface area contributed by atoms with E-state index < -0.39 is 0 Å². The van der Waals surface area contributed by atoms with Gasteiger partial charge in [0.15, 0.2) is 5.82 Å². The number of thioether (sulfide) groups is 1. The van der Waals surface area contributed by atoms with Gasteiger partial charge < -0.3 is 9.84 Å². The quantitative estimate of drug-likeness (QED) is 0.808. The second-order valence-electron chi connectivity index (χ2n) is 4.02. The van der Waals surface area contributed by atoms with Crippen molar-refractivity contribution in [3.63, 3.8) is 0 Å². The average molecular weight is 211 g/mol.